The van der Waals surface area contributed by atoms with Crippen LogP contribution in [0.25, 0.3) is 0 Å². The molecule has 0 saturated carbocycles. The van der Waals surface area contributed by atoms with Crippen LogP contribution in [0.15, 0.2) is 42.5 Å². The molecule has 1 saturated heterocycles. The predicted molar refractivity (Wildman–Crippen MR) is 110 cm³/mol. The van der Waals surface area contributed by atoms with E-state index in [-0.39, 0.29) is 16.1 Å². The normalized spacial score (nSPS) is 25.5. The lowest BCUT2D eigenvalue weighted by Crippen LogP contribution is -2.52. The van der Waals surface area contributed by atoms with E-state index in [1.807, 2.05) is 5.32 Å². The van der Waals surface area contributed by atoms with Gasteiger partial charge in [-0.1, -0.05) is 35.9 Å². The predicted octanol–water partition coefficient (Wildman–Crippen LogP) is 2.51. The summed E-state index contributed by atoms with van der Waals surface area (Å²) < 4.78 is 78.6. The number of halogens is 3. The lowest BCUT2D eigenvalue weighted by atomic mass is 10.0. The first-order valence-corrected chi connectivity index (χ1v) is 9.59. The van der Waals surface area contributed by atoms with E-state index in [1.165, 1.54) is 0 Å². The molecule has 0 radical (unpaired) electrons. The summed E-state index contributed by atoms with van der Waals surface area (Å²) in [4.78, 5) is 50.2. The molecule has 166 valence electrons. The molecule has 4 amide bonds. The zero-order valence-corrected chi connectivity index (χ0v) is 16.9. The Morgan fingerprint density at radius 2 is 2.03 bits per heavy atom. The van der Waals surface area contributed by atoms with Crippen molar-refractivity contribution in [1.82, 2.24) is 15.5 Å². The minimum absolute atomic E-state index is 0.00573. The van der Waals surface area contributed by atoms with E-state index in [0.717, 1.165) is 42.5 Å². The van der Waals surface area contributed by atoms with Crippen LogP contribution < -0.4 is 10.6 Å². The Hall–Kier alpha value is -3.33. The van der Waals surface area contributed by atoms with Crippen molar-refractivity contribution in [2.24, 2.45) is 0 Å². The first-order valence-electron chi connectivity index (χ1n) is 12.2. The summed E-state index contributed by atoms with van der Waals surface area (Å²) in [6.45, 7) is -3.68. The lowest BCUT2D eigenvalue weighted by Gasteiger charge is -2.29. The highest BCUT2D eigenvalue weighted by Gasteiger charge is 2.41. The van der Waals surface area contributed by atoms with Crippen LogP contribution in [0, 0.1) is 0 Å². The Morgan fingerprint density at radius 3 is 2.72 bits per heavy atom. The van der Waals surface area contributed by atoms with E-state index in [1.54, 1.807) is 0 Å². The highest BCUT2D eigenvalue weighted by atomic mass is 35.5. The molecular formula is C22H18ClF2N3O4. The molecule has 2 N–H and O–H groups in total. The van der Waals surface area contributed by atoms with Gasteiger partial charge in [-0.15, -0.1) is 0 Å². The fourth-order valence-electron chi connectivity index (χ4n) is 3.23. The summed E-state index contributed by atoms with van der Waals surface area (Å²) in [5.74, 6) is -9.73. The van der Waals surface area contributed by atoms with Gasteiger partial charge in [0.1, 0.15) is 6.02 Å². The van der Waals surface area contributed by atoms with Crippen LogP contribution in [0.4, 0.5) is 8.78 Å². The molecule has 2 aromatic carbocycles. The number of benzene rings is 2. The Kier molecular flexibility index (Phi) is 4.02. The Morgan fingerprint density at radius 1 is 1.31 bits per heavy atom. The molecule has 32 heavy (non-hydrogen) atoms. The molecule has 1 fully saturated rings. The summed E-state index contributed by atoms with van der Waals surface area (Å²) in [6.07, 6.45) is -3.63. The molecule has 2 aromatic rings. The number of hydrogen-bond acceptors (Lipinski definition) is 4. The van der Waals surface area contributed by atoms with E-state index in [4.69, 9.17) is 19.9 Å². The summed E-state index contributed by atoms with van der Waals surface area (Å²) in [5.41, 5.74) is -1.42. The summed E-state index contributed by atoms with van der Waals surface area (Å²) in [6, 6.07) is 4.15. The van der Waals surface area contributed by atoms with Gasteiger partial charge in [0.25, 0.3) is 11.8 Å². The number of rotatable bonds is 5. The van der Waals surface area contributed by atoms with Crippen LogP contribution in [0.1, 0.15) is 46.7 Å². The topological polar surface area (TPSA) is 95.6 Å². The van der Waals surface area contributed by atoms with Gasteiger partial charge in [0.2, 0.25) is 11.8 Å². The van der Waals surface area contributed by atoms with E-state index < -0.39 is 77.8 Å². The van der Waals surface area contributed by atoms with Gasteiger partial charge in [-0.2, -0.15) is 8.78 Å². The van der Waals surface area contributed by atoms with Crippen molar-refractivity contribution in [2.75, 3.05) is 0 Å². The number of alkyl halides is 2. The van der Waals surface area contributed by atoms with Crippen molar-refractivity contribution in [3.8, 4) is 0 Å². The van der Waals surface area contributed by atoms with Crippen LogP contribution in [-0.2, 0) is 33.3 Å². The van der Waals surface area contributed by atoms with Gasteiger partial charge in [0.15, 0.2) is 1.41 Å². The second kappa shape index (κ2) is 8.31. The Labute approximate surface area is 195 Å². The van der Waals surface area contributed by atoms with Gasteiger partial charge in [-0.05, 0) is 35.7 Å². The average molecular weight is 468 g/mol. The van der Waals surface area contributed by atoms with Crippen molar-refractivity contribution in [1.29, 1.82) is 0 Å². The molecular weight excluding hydrogens is 444 g/mol. The number of carbonyl (C=O) groups is 4. The van der Waals surface area contributed by atoms with E-state index in [2.05, 4.69) is 0 Å². The molecule has 2 heterocycles. The highest BCUT2D eigenvalue weighted by Crippen LogP contribution is 2.30. The fourth-order valence-corrected chi connectivity index (χ4v) is 3.36. The number of imide groups is 1. The zero-order chi connectivity index (χ0) is 28.4. The number of nitrogens with one attached hydrogen (secondary N) is 2. The second-order valence-corrected chi connectivity index (χ2v) is 7.39. The number of piperidine rings is 1. The third-order valence-electron chi connectivity index (χ3n) is 4.83. The third-order valence-corrected chi connectivity index (χ3v) is 5.08. The molecule has 0 unspecified atom stereocenters. The number of nitrogens with zero attached hydrogens (tertiary/aromatic N) is 1. The van der Waals surface area contributed by atoms with Gasteiger partial charge < -0.3 is 10.2 Å². The molecule has 2 aliphatic heterocycles. The van der Waals surface area contributed by atoms with Crippen LogP contribution in [0.3, 0.4) is 0 Å². The standard InChI is InChI=1S/C22H18ClF2N3O4/c23-15-4-2-14(3-5-15)22(24,25)21(32)26-10-12-1-6-16-13(9-12)11-28(20(16)31)17-7-8-18(29)27-19(17)30/h1-6,9,17H,7-8,10-11H2,(H,26,32)(H,27,29,30)/t17-/m1/s1/i7D2,10D2,17D/hD. The monoisotopic (exact) mass is 467 g/mol. The van der Waals surface area contributed by atoms with Crippen LogP contribution in [0.5, 0.6) is 0 Å². The summed E-state index contributed by atoms with van der Waals surface area (Å²) >= 11 is 5.68. The molecule has 0 spiro atoms. The maximum absolute atomic E-state index is 14.8. The maximum Gasteiger partial charge on any atom is 0.349 e. The van der Waals surface area contributed by atoms with E-state index >= 15 is 0 Å². The Balaban J connectivity index is 1.64. The largest absolute Gasteiger partial charge is 0.349 e. The maximum atomic E-state index is 14.8. The summed E-state index contributed by atoms with van der Waals surface area (Å²) in [7, 11) is 0. The first kappa shape index (κ1) is 15.5. The Bertz CT molecular complexity index is 1380. The molecule has 7 nitrogen and oxygen atoms in total. The van der Waals surface area contributed by atoms with Gasteiger partial charge in [-0.3, -0.25) is 24.5 Å². The van der Waals surface area contributed by atoms with Crippen LogP contribution in [0.2, 0.25) is 6.43 Å². The van der Waals surface area contributed by atoms with Crippen LogP contribution >= 0.6 is 11.6 Å². The van der Waals surface area contributed by atoms with Crippen LogP contribution in [-0.4, -0.2) is 34.5 Å². The highest BCUT2D eigenvalue weighted by molar-refractivity contribution is 6.30. The van der Waals surface area contributed by atoms with Crippen molar-refractivity contribution >= 4 is 35.2 Å². The van der Waals surface area contributed by atoms with Gasteiger partial charge >= 0.3 is 5.92 Å². The van der Waals surface area contributed by atoms with Crippen molar-refractivity contribution in [3.63, 3.8) is 0 Å². The number of carbonyl (C=O) groups excluding carboxylic acids is 4. The zero-order valence-electron chi connectivity index (χ0n) is 22.1. The van der Waals surface area contributed by atoms with Gasteiger partial charge in [0.05, 0.1) is 4.11 Å². The third kappa shape index (κ3) is 4.08. The van der Waals surface area contributed by atoms with Crippen molar-refractivity contribution in [2.45, 2.75) is 37.8 Å². The fraction of sp³-hybridized carbons (Fsp3) is 0.273. The van der Waals surface area contributed by atoms with Crippen molar-refractivity contribution in [3.05, 3.63) is 69.7 Å². The number of hydrogen-bond donors (Lipinski definition) is 2. The second-order valence-electron chi connectivity index (χ2n) is 6.95. The SMILES string of the molecule is [2H]N(C(=O)C(F)(F)c1ccc(Cl)cc1)C([2H])([2H])c1ccc2c(c1)CN([C@@]1([2H])C(=O)NC(=O)CC1([2H])[2H])C2=O. The minimum Gasteiger partial charge on any atom is -0.346 e. The van der Waals surface area contributed by atoms with Gasteiger partial charge in [0, 0.05) is 38.4 Å². The number of amides is 4. The molecule has 0 aliphatic carbocycles. The average Bonchev–Trinajstić information content (AvgIpc) is 3.17. The molecule has 1 atom stereocenters. The summed E-state index contributed by atoms with van der Waals surface area (Å²) in [5, 5.41) is 1.43. The lowest BCUT2D eigenvalue weighted by molar-refractivity contribution is -0.147. The number of fused-ring (bicyclic) bond motifs is 1. The van der Waals surface area contributed by atoms with E-state index in [0.29, 0.717) is 4.90 Å². The van der Waals surface area contributed by atoms with E-state index in [9.17, 15) is 28.0 Å². The minimum atomic E-state index is -4.28. The molecule has 2 aliphatic rings. The first-order chi connectivity index (χ1) is 17.4. The van der Waals surface area contributed by atoms with Gasteiger partial charge in [-0.25, -0.2) is 0 Å². The molecule has 0 aromatic heterocycles. The smallest absolute Gasteiger partial charge is 0.346 e. The van der Waals surface area contributed by atoms with Crippen molar-refractivity contribution < 1.29 is 36.2 Å². The molecule has 10 heteroatoms. The quantitative estimate of drug-likeness (QED) is 0.660. The molecule has 0 bridgehead atoms. The molecule has 4 rings (SSSR count).